The van der Waals surface area contributed by atoms with Crippen LogP contribution < -0.4 is 10.6 Å². The minimum Gasteiger partial charge on any atom is -0.346 e. The monoisotopic (exact) mass is 277 g/mol. The lowest BCUT2D eigenvalue weighted by atomic mass is 10.2. The molecule has 1 fully saturated rings. The average molecular weight is 277 g/mol. The summed E-state index contributed by atoms with van der Waals surface area (Å²) in [6.07, 6.45) is 4.71. The van der Waals surface area contributed by atoms with E-state index in [9.17, 15) is 4.79 Å². The van der Waals surface area contributed by atoms with E-state index in [0.29, 0.717) is 18.6 Å². The van der Waals surface area contributed by atoms with Crippen LogP contribution in [0.15, 0.2) is 6.07 Å². The summed E-state index contributed by atoms with van der Waals surface area (Å²) in [6, 6.07) is 2.96. The maximum absolute atomic E-state index is 11.9. The van der Waals surface area contributed by atoms with Gasteiger partial charge in [0.2, 0.25) is 0 Å². The van der Waals surface area contributed by atoms with E-state index in [0.717, 1.165) is 12.8 Å². The molecule has 4 heteroatoms. The fourth-order valence-electron chi connectivity index (χ4n) is 3.30. The zero-order chi connectivity index (χ0) is 14.7. The molecule has 0 radical (unpaired) electrons. The molecule has 0 aromatic carbocycles. The van der Waals surface area contributed by atoms with Crippen molar-refractivity contribution in [3.05, 3.63) is 23.0 Å². The predicted octanol–water partition coefficient (Wildman–Crippen LogP) is 3.43. The molecule has 1 aliphatic carbocycles. The third-order valence-corrected chi connectivity index (χ3v) is 4.24. The van der Waals surface area contributed by atoms with Crippen LogP contribution in [0.2, 0.25) is 0 Å². The quantitative estimate of drug-likeness (QED) is 0.870. The number of aromatic nitrogens is 1. The summed E-state index contributed by atoms with van der Waals surface area (Å²) in [7, 11) is 0. The molecule has 4 nitrogen and oxygen atoms in total. The second kappa shape index (κ2) is 6.33. The third-order valence-electron chi connectivity index (χ3n) is 4.24. The molecular weight excluding hydrogens is 250 g/mol. The smallest absolute Gasteiger partial charge is 0.315 e. The summed E-state index contributed by atoms with van der Waals surface area (Å²) >= 11 is 0. The second-order valence-corrected chi connectivity index (χ2v) is 6.17. The van der Waals surface area contributed by atoms with Gasteiger partial charge in [0, 0.05) is 30.0 Å². The van der Waals surface area contributed by atoms with Crippen LogP contribution in [0.1, 0.15) is 62.5 Å². The molecule has 0 bridgehead atoms. The van der Waals surface area contributed by atoms with Gasteiger partial charge >= 0.3 is 6.03 Å². The predicted molar refractivity (Wildman–Crippen MR) is 81.9 cm³/mol. The van der Waals surface area contributed by atoms with Gasteiger partial charge < -0.3 is 15.2 Å². The van der Waals surface area contributed by atoms with E-state index < -0.39 is 0 Å². The van der Waals surface area contributed by atoms with Gasteiger partial charge in [-0.2, -0.15) is 0 Å². The van der Waals surface area contributed by atoms with Crippen molar-refractivity contribution in [1.82, 2.24) is 15.2 Å². The molecule has 1 heterocycles. The van der Waals surface area contributed by atoms with Gasteiger partial charge in [-0.1, -0.05) is 12.8 Å². The van der Waals surface area contributed by atoms with Gasteiger partial charge in [0.1, 0.15) is 0 Å². The number of carbonyl (C=O) groups is 1. The molecule has 112 valence electrons. The normalized spacial score (nSPS) is 15.8. The molecule has 20 heavy (non-hydrogen) atoms. The summed E-state index contributed by atoms with van der Waals surface area (Å²) in [6.45, 7) is 9.22. The topological polar surface area (TPSA) is 46.1 Å². The number of carbonyl (C=O) groups excluding carboxylic acids is 1. The molecule has 0 spiro atoms. The first-order chi connectivity index (χ1) is 9.49. The van der Waals surface area contributed by atoms with E-state index in [1.807, 2.05) is 0 Å². The number of amides is 2. The molecule has 2 N–H and O–H groups in total. The van der Waals surface area contributed by atoms with Crippen molar-refractivity contribution in [3.8, 4) is 0 Å². The summed E-state index contributed by atoms with van der Waals surface area (Å²) in [5, 5.41) is 6.04. The minimum atomic E-state index is -0.0359. The number of hydrogen-bond donors (Lipinski definition) is 2. The molecule has 2 rings (SSSR count). The summed E-state index contributed by atoms with van der Waals surface area (Å²) in [4.78, 5) is 11.9. The van der Waals surface area contributed by atoms with Crippen LogP contribution in [0.3, 0.4) is 0 Å². The maximum Gasteiger partial charge on any atom is 0.315 e. The first-order valence-electron chi connectivity index (χ1n) is 7.70. The molecule has 1 aromatic heterocycles. The van der Waals surface area contributed by atoms with Gasteiger partial charge in [-0.15, -0.1) is 0 Å². The van der Waals surface area contributed by atoms with Crippen molar-refractivity contribution >= 4 is 6.03 Å². The number of aryl methyl sites for hydroxylation is 1. The van der Waals surface area contributed by atoms with Crippen molar-refractivity contribution in [2.75, 3.05) is 0 Å². The van der Waals surface area contributed by atoms with Crippen molar-refractivity contribution in [3.63, 3.8) is 0 Å². The third kappa shape index (κ3) is 3.35. The largest absolute Gasteiger partial charge is 0.346 e. The van der Waals surface area contributed by atoms with Gasteiger partial charge in [-0.3, -0.25) is 0 Å². The van der Waals surface area contributed by atoms with Crippen molar-refractivity contribution in [2.24, 2.45) is 0 Å². The Morgan fingerprint density at radius 2 is 2.00 bits per heavy atom. The molecule has 0 saturated heterocycles. The highest BCUT2D eigenvalue weighted by atomic mass is 16.2. The second-order valence-electron chi connectivity index (χ2n) is 6.17. The Kier molecular flexibility index (Phi) is 4.73. The number of rotatable bonds is 4. The molecule has 1 saturated carbocycles. The van der Waals surface area contributed by atoms with E-state index in [-0.39, 0.29) is 6.03 Å². The van der Waals surface area contributed by atoms with Gasteiger partial charge in [0.15, 0.2) is 0 Å². The zero-order valence-corrected chi connectivity index (χ0v) is 13.1. The van der Waals surface area contributed by atoms with Gasteiger partial charge in [-0.25, -0.2) is 4.79 Å². The van der Waals surface area contributed by atoms with Crippen LogP contribution in [-0.4, -0.2) is 16.6 Å². The van der Waals surface area contributed by atoms with Crippen molar-refractivity contribution in [1.29, 1.82) is 0 Å². The molecule has 0 aliphatic heterocycles. The Morgan fingerprint density at radius 1 is 1.35 bits per heavy atom. The van der Waals surface area contributed by atoms with Crippen LogP contribution in [0.5, 0.6) is 0 Å². The van der Waals surface area contributed by atoms with Crippen LogP contribution in [0.25, 0.3) is 0 Å². The highest BCUT2D eigenvalue weighted by Gasteiger charge is 2.17. The average Bonchev–Trinajstić information content (AvgIpc) is 2.95. The summed E-state index contributed by atoms with van der Waals surface area (Å²) < 4.78 is 2.31. The molecule has 1 aromatic rings. The Hall–Kier alpha value is -1.45. The summed E-state index contributed by atoms with van der Waals surface area (Å²) in [5.41, 5.74) is 3.71. The van der Waals surface area contributed by atoms with E-state index >= 15 is 0 Å². The lowest BCUT2D eigenvalue weighted by molar-refractivity contribution is 0.236. The van der Waals surface area contributed by atoms with Gasteiger partial charge in [0.05, 0.1) is 0 Å². The zero-order valence-electron chi connectivity index (χ0n) is 13.1. The maximum atomic E-state index is 11.9. The van der Waals surface area contributed by atoms with E-state index in [4.69, 9.17) is 0 Å². The fraction of sp³-hybridized carbons (Fsp3) is 0.688. The highest BCUT2D eigenvalue weighted by molar-refractivity contribution is 5.74. The van der Waals surface area contributed by atoms with E-state index in [2.05, 4.69) is 49.0 Å². The van der Waals surface area contributed by atoms with Crippen LogP contribution in [0.4, 0.5) is 4.79 Å². The van der Waals surface area contributed by atoms with E-state index in [1.54, 1.807) is 0 Å². The molecular formula is C16H27N3O. The Morgan fingerprint density at radius 3 is 2.55 bits per heavy atom. The highest BCUT2D eigenvalue weighted by Crippen LogP contribution is 2.20. The number of nitrogens with zero attached hydrogens (tertiary/aromatic N) is 1. The SMILES string of the molecule is Cc1cc(CNC(=O)NC2CCCC2)c(C)n1C(C)C. The van der Waals surface area contributed by atoms with Crippen molar-refractivity contribution in [2.45, 2.75) is 72.0 Å². The number of hydrogen-bond acceptors (Lipinski definition) is 1. The van der Waals surface area contributed by atoms with Crippen LogP contribution in [0, 0.1) is 13.8 Å². The minimum absolute atomic E-state index is 0.0359. The van der Waals surface area contributed by atoms with E-state index in [1.165, 1.54) is 29.8 Å². The van der Waals surface area contributed by atoms with Crippen molar-refractivity contribution < 1.29 is 4.79 Å². The Labute approximate surface area is 121 Å². The Balaban J connectivity index is 1.90. The first-order valence-corrected chi connectivity index (χ1v) is 7.70. The molecule has 0 unspecified atom stereocenters. The Bertz CT molecular complexity index is 470. The lowest BCUT2D eigenvalue weighted by Crippen LogP contribution is -2.40. The molecule has 1 aliphatic rings. The van der Waals surface area contributed by atoms with Crippen LogP contribution in [-0.2, 0) is 6.54 Å². The number of urea groups is 1. The lowest BCUT2D eigenvalue weighted by Gasteiger charge is -2.15. The fourth-order valence-corrected chi connectivity index (χ4v) is 3.30. The summed E-state index contributed by atoms with van der Waals surface area (Å²) in [5.74, 6) is 0. The standard InChI is InChI=1S/C16H27N3O/c1-11(2)19-12(3)9-14(13(19)4)10-17-16(20)18-15-7-5-6-8-15/h9,11,15H,5-8,10H2,1-4H3,(H2,17,18,20). The first kappa shape index (κ1) is 14.9. The van der Waals surface area contributed by atoms with Crippen LogP contribution >= 0.6 is 0 Å². The van der Waals surface area contributed by atoms with Gasteiger partial charge in [-0.05, 0) is 52.2 Å². The number of nitrogens with one attached hydrogen (secondary N) is 2. The molecule has 0 atom stereocenters. The van der Waals surface area contributed by atoms with Gasteiger partial charge in [0.25, 0.3) is 0 Å². The molecule has 2 amide bonds.